The monoisotopic (exact) mass is 307 g/mol. The first kappa shape index (κ1) is 20.3. The molecule has 0 aromatic carbocycles. The number of carbonyl (C=O) groups excluding carboxylic acids is 1. The van der Waals surface area contributed by atoms with Gasteiger partial charge in [-0.1, -0.05) is 0 Å². The summed E-state index contributed by atoms with van der Waals surface area (Å²) in [6, 6.07) is 0. The van der Waals surface area contributed by atoms with Gasteiger partial charge in [0.25, 0.3) is 0 Å². The second-order valence-electron chi connectivity index (χ2n) is 4.02. The van der Waals surface area contributed by atoms with Gasteiger partial charge in [0.15, 0.2) is 0 Å². The minimum absolute atomic E-state index is 0.100. The fourth-order valence-electron chi connectivity index (χ4n) is 1.31. The van der Waals surface area contributed by atoms with Crippen LogP contribution in [0.5, 0.6) is 0 Å². The van der Waals surface area contributed by atoms with Crippen molar-refractivity contribution in [2.24, 2.45) is 0 Å². The van der Waals surface area contributed by atoms with E-state index in [0.29, 0.717) is 66.0 Å². The van der Waals surface area contributed by atoms with Crippen LogP contribution in [-0.4, -0.2) is 78.5 Å². The van der Waals surface area contributed by atoms with Crippen molar-refractivity contribution in [2.75, 3.05) is 72.6 Å². The van der Waals surface area contributed by atoms with Gasteiger partial charge in [-0.15, -0.1) is 0 Å². The molecule has 7 heteroatoms. The number of hydrogen-bond donors (Lipinski definition) is 1. The summed E-state index contributed by atoms with van der Waals surface area (Å²) in [6.45, 7) is 9.42. The van der Waals surface area contributed by atoms with E-state index in [1.165, 1.54) is 0 Å². The minimum Gasteiger partial charge on any atom is -0.379 e. The fraction of sp³-hybridized carbons (Fsp3) is 0.929. The number of amides is 1. The number of rotatable bonds is 16. The molecule has 0 radical (unpaired) electrons. The molecule has 0 fully saturated rings. The summed E-state index contributed by atoms with van der Waals surface area (Å²) >= 11 is 0. The lowest BCUT2D eigenvalue weighted by Crippen LogP contribution is -2.30. The van der Waals surface area contributed by atoms with Crippen molar-refractivity contribution >= 4 is 5.91 Å². The van der Waals surface area contributed by atoms with E-state index in [9.17, 15) is 4.79 Å². The van der Waals surface area contributed by atoms with Gasteiger partial charge in [0.2, 0.25) is 5.91 Å². The van der Waals surface area contributed by atoms with Crippen molar-refractivity contribution in [1.82, 2.24) is 5.32 Å². The Hall–Kier alpha value is -0.730. The molecule has 0 saturated carbocycles. The van der Waals surface area contributed by atoms with Crippen molar-refractivity contribution in [3.05, 3.63) is 0 Å². The Morgan fingerprint density at radius 2 is 1.19 bits per heavy atom. The zero-order valence-electron chi connectivity index (χ0n) is 13.2. The predicted molar refractivity (Wildman–Crippen MR) is 78.5 cm³/mol. The Labute approximate surface area is 127 Å². The van der Waals surface area contributed by atoms with Gasteiger partial charge in [-0.25, -0.2) is 0 Å². The van der Waals surface area contributed by atoms with Gasteiger partial charge >= 0.3 is 0 Å². The zero-order chi connectivity index (χ0) is 15.6. The molecule has 0 bridgehead atoms. The topological polar surface area (TPSA) is 75.3 Å². The Bertz CT molecular complexity index is 228. The van der Waals surface area contributed by atoms with Crippen LogP contribution >= 0.6 is 0 Å². The van der Waals surface area contributed by atoms with E-state index in [1.54, 1.807) is 0 Å². The number of carbonyl (C=O) groups is 1. The Morgan fingerprint density at radius 3 is 1.71 bits per heavy atom. The molecule has 0 rings (SSSR count). The summed E-state index contributed by atoms with van der Waals surface area (Å²) < 4.78 is 26.0. The highest BCUT2D eigenvalue weighted by Crippen LogP contribution is 1.82. The first-order valence-electron chi connectivity index (χ1n) is 7.46. The van der Waals surface area contributed by atoms with Crippen LogP contribution in [0.15, 0.2) is 0 Å². The summed E-state index contributed by atoms with van der Waals surface area (Å²) in [5, 5.41) is 2.69. The van der Waals surface area contributed by atoms with E-state index in [0.717, 1.165) is 0 Å². The molecule has 0 unspecified atom stereocenters. The molecule has 21 heavy (non-hydrogen) atoms. The van der Waals surface area contributed by atoms with Crippen molar-refractivity contribution in [2.45, 2.75) is 13.8 Å². The fourth-order valence-corrected chi connectivity index (χ4v) is 1.31. The molecule has 0 aliphatic rings. The second-order valence-corrected chi connectivity index (χ2v) is 4.02. The molecule has 0 aliphatic heterocycles. The molecule has 0 spiro atoms. The SMILES string of the molecule is CCOCCOCCOCCOCCNC(=O)COCC. The molecule has 1 N–H and O–H groups in total. The molecular formula is C14H29NO6. The normalized spacial score (nSPS) is 10.8. The largest absolute Gasteiger partial charge is 0.379 e. The first-order valence-corrected chi connectivity index (χ1v) is 7.46. The van der Waals surface area contributed by atoms with Crippen LogP contribution in [0.3, 0.4) is 0 Å². The molecule has 0 heterocycles. The van der Waals surface area contributed by atoms with E-state index in [2.05, 4.69) is 5.32 Å². The smallest absolute Gasteiger partial charge is 0.246 e. The minimum atomic E-state index is -0.124. The first-order chi connectivity index (χ1) is 10.3. The van der Waals surface area contributed by atoms with Crippen LogP contribution in [0.25, 0.3) is 0 Å². The maximum Gasteiger partial charge on any atom is 0.246 e. The summed E-state index contributed by atoms with van der Waals surface area (Å²) in [5.74, 6) is -0.124. The van der Waals surface area contributed by atoms with Crippen LogP contribution in [0, 0.1) is 0 Å². The van der Waals surface area contributed by atoms with E-state index < -0.39 is 0 Å². The second kappa shape index (κ2) is 17.3. The van der Waals surface area contributed by atoms with E-state index in [4.69, 9.17) is 23.7 Å². The summed E-state index contributed by atoms with van der Waals surface area (Å²) in [6.07, 6.45) is 0. The van der Waals surface area contributed by atoms with Crippen LogP contribution in [-0.2, 0) is 28.5 Å². The van der Waals surface area contributed by atoms with Gasteiger partial charge in [0.05, 0.1) is 46.2 Å². The lowest BCUT2D eigenvalue weighted by atomic mass is 10.6. The van der Waals surface area contributed by atoms with Gasteiger partial charge in [-0.05, 0) is 13.8 Å². The third-order valence-corrected chi connectivity index (χ3v) is 2.33. The average Bonchev–Trinajstić information content (AvgIpc) is 2.49. The average molecular weight is 307 g/mol. The molecular weight excluding hydrogens is 278 g/mol. The van der Waals surface area contributed by atoms with Gasteiger partial charge in [-0.3, -0.25) is 4.79 Å². The van der Waals surface area contributed by atoms with Crippen molar-refractivity contribution in [3.8, 4) is 0 Å². The number of nitrogens with one attached hydrogen (secondary N) is 1. The van der Waals surface area contributed by atoms with Gasteiger partial charge < -0.3 is 29.0 Å². The number of ether oxygens (including phenoxy) is 5. The molecule has 0 aromatic rings. The van der Waals surface area contributed by atoms with Crippen LogP contribution in [0.4, 0.5) is 0 Å². The maximum atomic E-state index is 11.2. The molecule has 7 nitrogen and oxygen atoms in total. The zero-order valence-corrected chi connectivity index (χ0v) is 13.2. The standard InChI is InChI=1S/C14H29NO6/c1-3-17-7-8-20-11-12-21-10-9-19-6-5-15-14(16)13-18-4-2/h3-13H2,1-2H3,(H,15,16). The summed E-state index contributed by atoms with van der Waals surface area (Å²) in [4.78, 5) is 11.2. The molecule has 0 atom stereocenters. The Morgan fingerprint density at radius 1 is 0.714 bits per heavy atom. The Balaban J connectivity index is 3.04. The Kier molecular flexibility index (Phi) is 16.7. The molecule has 1 amide bonds. The van der Waals surface area contributed by atoms with Crippen LogP contribution < -0.4 is 5.32 Å². The summed E-state index contributed by atoms with van der Waals surface area (Å²) in [5.41, 5.74) is 0. The maximum absolute atomic E-state index is 11.2. The highest BCUT2D eigenvalue weighted by molar-refractivity contribution is 5.77. The van der Waals surface area contributed by atoms with Gasteiger partial charge in [-0.2, -0.15) is 0 Å². The van der Waals surface area contributed by atoms with E-state index >= 15 is 0 Å². The van der Waals surface area contributed by atoms with E-state index in [1.807, 2.05) is 13.8 Å². The van der Waals surface area contributed by atoms with Crippen molar-refractivity contribution < 1.29 is 28.5 Å². The van der Waals surface area contributed by atoms with Crippen LogP contribution in [0.1, 0.15) is 13.8 Å². The third kappa shape index (κ3) is 17.2. The quantitative estimate of drug-likeness (QED) is 0.411. The van der Waals surface area contributed by atoms with Crippen molar-refractivity contribution in [1.29, 1.82) is 0 Å². The van der Waals surface area contributed by atoms with Crippen molar-refractivity contribution in [3.63, 3.8) is 0 Å². The molecule has 0 saturated heterocycles. The van der Waals surface area contributed by atoms with E-state index in [-0.39, 0.29) is 12.5 Å². The van der Waals surface area contributed by atoms with Gasteiger partial charge in [0, 0.05) is 19.8 Å². The molecule has 0 aromatic heterocycles. The summed E-state index contributed by atoms with van der Waals surface area (Å²) in [7, 11) is 0. The highest BCUT2D eigenvalue weighted by Gasteiger charge is 1.99. The third-order valence-electron chi connectivity index (χ3n) is 2.33. The van der Waals surface area contributed by atoms with Crippen LogP contribution in [0.2, 0.25) is 0 Å². The molecule has 0 aliphatic carbocycles. The van der Waals surface area contributed by atoms with Gasteiger partial charge in [0.1, 0.15) is 6.61 Å². The lowest BCUT2D eigenvalue weighted by molar-refractivity contribution is -0.125. The number of hydrogen-bond acceptors (Lipinski definition) is 6. The highest BCUT2D eigenvalue weighted by atomic mass is 16.6. The molecule has 126 valence electrons. The lowest BCUT2D eigenvalue weighted by Gasteiger charge is -2.08. The predicted octanol–water partition coefficient (Wildman–Crippen LogP) is 0.225.